The zero-order valence-electron chi connectivity index (χ0n) is 9.08. The minimum absolute atomic E-state index is 0.0213. The summed E-state index contributed by atoms with van der Waals surface area (Å²) in [5.74, 6) is -0.573. The normalized spacial score (nSPS) is 11.9. The van der Waals surface area contributed by atoms with E-state index in [9.17, 15) is 9.59 Å². The molecule has 0 amide bonds. The molecule has 0 aliphatic heterocycles. The number of aliphatic hydroxyl groups is 1. The van der Waals surface area contributed by atoms with Gasteiger partial charge in [0.05, 0.1) is 29.8 Å². The molecule has 0 saturated carbocycles. The van der Waals surface area contributed by atoms with Crippen LogP contribution in [0.25, 0.3) is 11.8 Å². The van der Waals surface area contributed by atoms with Gasteiger partial charge in [-0.3, -0.25) is 4.79 Å². The fourth-order valence-electron chi connectivity index (χ4n) is 1.57. The SMILES string of the molecule is CCOC(=O)c1cnn2ccc(=O)/c(=C\O)c12. The lowest BCUT2D eigenvalue weighted by Crippen LogP contribution is -2.27. The van der Waals surface area contributed by atoms with E-state index in [2.05, 4.69) is 5.10 Å². The van der Waals surface area contributed by atoms with Crippen LogP contribution < -0.4 is 10.6 Å². The molecule has 0 spiro atoms. The monoisotopic (exact) mass is 234 g/mol. The molecule has 6 nitrogen and oxygen atoms in total. The fraction of sp³-hybridized carbons (Fsp3) is 0.182. The molecule has 17 heavy (non-hydrogen) atoms. The molecule has 6 heteroatoms. The highest BCUT2D eigenvalue weighted by atomic mass is 16.5. The number of carbonyl (C=O) groups is 1. The van der Waals surface area contributed by atoms with Crippen molar-refractivity contribution in [2.24, 2.45) is 0 Å². The van der Waals surface area contributed by atoms with Crippen molar-refractivity contribution in [2.45, 2.75) is 6.92 Å². The number of carbonyl (C=O) groups excluding carboxylic acids is 1. The van der Waals surface area contributed by atoms with Crippen molar-refractivity contribution in [3.63, 3.8) is 0 Å². The third-order valence-corrected chi connectivity index (χ3v) is 2.31. The topological polar surface area (TPSA) is 80.9 Å². The fourth-order valence-corrected chi connectivity index (χ4v) is 1.57. The molecule has 1 N–H and O–H groups in total. The van der Waals surface area contributed by atoms with Crippen LogP contribution in [0.3, 0.4) is 0 Å². The van der Waals surface area contributed by atoms with E-state index >= 15 is 0 Å². The molecule has 2 heterocycles. The molecule has 0 fully saturated rings. The van der Waals surface area contributed by atoms with Crippen LogP contribution in [-0.2, 0) is 4.74 Å². The van der Waals surface area contributed by atoms with Crippen molar-refractivity contribution < 1.29 is 14.6 Å². The van der Waals surface area contributed by atoms with Gasteiger partial charge in [0.1, 0.15) is 5.56 Å². The third-order valence-electron chi connectivity index (χ3n) is 2.31. The Labute approximate surface area is 95.7 Å². The van der Waals surface area contributed by atoms with E-state index in [-0.39, 0.29) is 28.3 Å². The molecule has 0 saturated heterocycles. The zero-order valence-corrected chi connectivity index (χ0v) is 9.08. The average molecular weight is 234 g/mol. The highest BCUT2D eigenvalue weighted by Gasteiger charge is 2.15. The van der Waals surface area contributed by atoms with E-state index in [1.165, 1.54) is 23.0 Å². The van der Waals surface area contributed by atoms with Gasteiger partial charge in [-0.15, -0.1) is 0 Å². The van der Waals surface area contributed by atoms with Gasteiger partial charge in [0.15, 0.2) is 5.43 Å². The van der Waals surface area contributed by atoms with Gasteiger partial charge in [0, 0.05) is 12.3 Å². The summed E-state index contributed by atoms with van der Waals surface area (Å²) in [5, 5.41) is 13.0. The molecular weight excluding hydrogens is 224 g/mol. The van der Waals surface area contributed by atoms with Crippen molar-refractivity contribution in [1.29, 1.82) is 0 Å². The first kappa shape index (κ1) is 11.1. The molecule has 0 atom stereocenters. The average Bonchev–Trinajstić information content (AvgIpc) is 2.73. The number of ether oxygens (including phenoxy) is 1. The number of aliphatic hydroxyl groups excluding tert-OH is 1. The number of esters is 1. The summed E-state index contributed by atoms with van der Waals surface area (Å²) in [5.41, 5.74) is 0.0225. The predicted octanol–water partition coefficient (Wildman–Crippen LogP) is -0.114. The summed E-state index contributed by atoms with van der Waals surface area (Å²) >= 11 is 0. The van der Waals surface area contributed by atoms with Gasteiger partial charge in [0.25, 0.3) is 0 Å². The molecule has 2 aromatic heterocycles. The van der Waals surface area contributed by atoms with E-state index in [0.29, 0.717) is 6.26 Å². The van der Waals surface area contributed by atoms with Crippen LogP contribution >= 0.6 is 0 Å². The van der Waals surface area contributed by atoms with E-state index in [4.69, 9.17) is 9.84 Å². The minimum atomic E-state index is -0.573. The van der Waals surface area contributed by atoms with Gasteiger partial charge < -0.3 is 9.84 Å². The minimum Gasteiger partial charge on any atom is -0.515 e. The maximum atomic E-state index is 11.6. The van der Waals surface area contributed by atoms with Crippen LogP contribution in [0.4, 0.5) is 0 Å². The molecule has 0 bridgehead atoms. The Kier molecular flexibility index (Phi) is 2.78. The second kappa shape index (κ2) is 4.25. The Hall–Kier alpha value is -2.37. The van der Waals surface area contributed by atoms with Crippen LogP contribution in [0.2, 0.25) is 0 Å². The molecule has 0 unspecified atom stereocenters. The second-order valence-corrected chi connectivity index (χ2v) is 3.29. The van der Waals surface area contributed by atoms with Gasteiger partial charge in [-0.1, -0.05) is 0 Å². The number of hydrogen-bond donors (Lipinski definition) is 1. The lowest BCUT2D eigenvalue weighted by Gasteiger charge is -1.99. The van der Waals surface area contributed by atoms with Crippen LogP contribution in [0, 0.1) is 0 Å². The van der Waals surface area contributed by atoms with Gasteiger partial charge in [-0.2, -0.15) is 5.10 Å². The number of fused-ring (bicyclic) bond motifs is 1. The molecular formula is C11H10N2O4. The Morgan fingerprint density at radius 1 is 1.65 bits per heavy atom. The largest absolute Gasteiger partial charge is 0.515 e. The molecule has 2 aromatic rings. The molecule has 0 aliphatic carbocycles. The Morgan fingerprint density at radius 2 is 2.41 bits per heavy atom. The van der Waals surface area contributed by atoms with Crippen molar-refractivity contribution in [1.82, 2.24) is 9.61 Å². The van der Waals surface area contributed by atoms with Gasteiger partial charge >= 0.3 is 5.97 Å². The van der Waals surface area contributed by atoms with E-state index in [1.807, 2.05) is 0 Å². The first-order chi connectivity index (χ1) is 8.19. The van der Waals surface area contributed by atoms with Crippen molar-refractivity contribution in [3.8, 4) is 0 Å². The number of hydrogen-bond acceptors (Lipinski definition) is 5. The molecule has 88 valence electrons. The maximum Gasteiger partial charge on any atom is 0.342 e. The van der Waals surface area contributed by atoms with E-state index < -0.39 is 5.97 Å². The Morgan fingerprint density at radius 3 is 3.06 bits per heavy atom. The number of nitrogens with zero attached hydrogens (tertiary/aromatic N) is 2. The first-order valence-corrected chi connectivity index (χ1v) is 5.01. The highest BCUT2D eigenvalue weighted by molar-refractivity contribution is 5.96. The maximum absolute atomic E-state index is 11.6. The van der Waals surface area contributed by atoms with Crippen LogP contribution in [0.15, 0.2) is 23.3 Å². The molecule has 0 radical (unpaired) electrons. The summed E-state index contributed by atoms with van der Waals surface area (Å²) in [6, 6.07) is 1.26. The summed E-state index contributed by atoms with van der Waals surface area (Å²) in [6.07, 6.45) is 3.40. The summed E-state index contributed by atoms with van der Waals surface area (Å²) in [4.78, 5) is 23.1. The lowest BCUT2D eigenvalue weighted by molar-refractivity contribution is 0.0528. The van der Waals surface area contributed by atoms with Crippen molar-refractivity contribution >= 4 is 17.7 Å². The second-order valence-electron chi connectivity index (χ2n) is 3.29. The summed E-state index contributed by atoms with van der Waals surface area (Å²) < 4.78 is 6.19. The Balaban J connectivity index is 2.79. The summed E-state index contributed by atoms with van der Waals surface area (Å²) in [7, 11) is 0. The standard InChI is InChI=1S/C11H10N2O4/c1-2-17-11(16)7-5-12-13-4-3-9(15)8(6-14)10(7)13/h3-6,14H,2H2,1H3/b8-6+. The molecule has 0 aliphatic rings. The predicted molar refractivity (Wildman–Crippen MR) is 59.7 cm³/mol. The molecule has 2 rings (SSSR count). The number of rotatable bonds is 2. The third kappa shape index (κ3) is 1.73. The van der Waals surface area contributed by atoms with Crippen LogP contribution in [0.1, 0.15) is 17.3 Å². The van der Waals surface area contributed by atoms with Crippen molar-refractivity contribution in [3.05, 3.63) is 39.5 Å². The van der Waals surface area contributed by atoms with Gasteiger partial charge in [-0.25, -0.2) is 9.31 Å². The smallest absolute Gasteiger partial charge is 0.342 e. The summed E-state index contributed by atoms with van der Waals surface area (Å²) in [6.45, 7) is 1.91. The number of pyridine rings is 1. The quantitative estimate of drug-likeness (QED) is 0.733. The lowest BCUT2D eigenvalue weighted by atomic mass is 10.2. The molecule has 0 aromatic carbocycles. The van der Waals surface area contributed by atoms with Crippen molar-refractivity contribution in [2.75, 3.05) is 6.61 Å². The van der Waals surface area contributed by atoms with Gasteiger partial charge in [-0.05, 0) is 6.92 Å². The van der Waals surface area contributed by atoms with Crippen LogP contribution in [-0.4, -0.2) is 27.3 Å². The highest BCUT2D eigenvalue weighted by Crippen LogP contribution is 2.06. The van der Waals surface area contributed by atoms with Gasteiger partial charge in [0.2, 0.25) is 0 Å². The first-order valence-electron chi connectivity index (χ1n) is 5.01. The zero-order chi connectivity index (χ0) is 12.4. The van der Waals surface area contributed by atoms with Crippen LogP contribution in [0.5, 0.6) is 0 Å². The van der Waals surface area contributed by atoms with E-state index in [0.717, 1.165) is 0 Å². The van der Waals surface area contributed by atoms with E-state index in [1.54, 1.807) is 6.92 Å². The Bertz CT molecular complexity index is 675. The number of aromatic nitrogens is 2.